The number of hydrogen-bond acceptors (Lipinski definition) is 2. The molecule has 0 aliphatic heterocycles. The van der Waals surface area contributed by atoms with Gasteiger partial charge in [0.25, 0.3) is 0 Å². The van der Waals surface area contributed by atoms with Crippen LogP contribution in [0.2, 0.25) is 0 Å². The van der Waals surface area contributed by atoms with Crippen molar-refractivity contribution < 1.29 is 4.74 Å². The molecule has 1 aromatic rings. The van der Waals surface area contributed by atoms with Gasteiger partial charge in [0, 0.05) is 6.54 Å². The predicted octanol–water partition coefficient (Wildman–Crippen LogP) is 4.76. The fourth-order valence-corrected chi connectivity index (χ4v) is 3.25. The van der Waals surface area contributed by atoms with Gasteiger partial charge in [-0.3, -0.25) is 0 Å². The monoisotopic (exact) mass is 289 g/mol. The summed E-state index contributed by atoms with van der Waals surface area (Å²) in [6.45, 7) is 10.9. The zero-order valence-corrected chi connectivity index (χ0v) is 14.2. The lowest BCUT2D eigenvalue weighted by Crippen LogP contribution is -2.23. The van der Waals surface area contributed by atoms with Crippen molar-refractivity contribution in [2.24, 2.45) is 5.92 Å². The molecule has 2 rings (SSSR count). The van der Waals surface area contributed by atoms with E-state index in [9.17, 15) is 0 Å². The normalized spacial score (nSPS) is 22.3. The molecule has 1 fully saturated rings. The maximum absolute atomic E-state index is 6.33. The summed E-state index contributed by atoms with van der Waals surface area (Å²) in [4.78, 5) is 0. The van der Waals surface area contributed by atoms with Crippen LogP contribution in [0.1, 0.15) is 62.6 Å². The minimum absolute atomic E-state index is 0.419. The molecule has 0 unspecified atom stereocenters. The van der Waals surface area contributed by atoms with Crippen LogP contribution in [0.15, 0.2) is 12.1 Å². The molecule has 1 saturated carbocycles. The zero-order valence-electron chi connectivity index (χ0n) is 14.2. The lowest BCUT2D eigenvalue weighted by Gasteiger charge is -2.28. The first kappa shape index (κ1) is 16.4. The largest absolute Gasteiger partial charge is 0.490 e. The van der Waals surface area contributed by atoms with Crippen molar-refractivity contribution in [1.29, 1.82) is 0 Å². The number of benzene rings is 1. The van der Waals surface area contributed by atoms with Crippen molar-refractivity contribution >= 4 is 0 Å². The molecule has 1 N–H and O–H groups in total. The average Bonchev–Trinajstić information content (AvgIpc) is 2.45. The first-order chi connectivity index (χ1) is 10.1. The van der Waals surface area contributed by atoms with Crippen LogP contribution < -0.4 is 10.1 Å². The maximum atomic E-state index is 6.33. The van der Waals surface area contributed by atoms with Crippen molar-refractivity contribution in [2.45, 2.75) is 72.4 Å². The van der Waals surface area contributed by atoms with Gasteiger partial charge in [-0.25, -0.2) is 0 Å². The SMILES string of the molecule is CCCNCc1cc(C)c(OC2CCC(C)CC2)c(C)c1. The van der Waals surface area contributed by atoms with E-state index in [0.29, 0.717) is 6.10 Å². The summed E-state index contributed by atoms with van der Waals surface area (Å²) in [5.41, 5.74) is 3.92. The predicted molar refractivity (Wildman–Crippen MR) is 90.0 cm³/mol. The fraction of sp³-hybridized carbons (Fsp3) is 0.684. The lowest BCUT2D eigenvalue weighted by atomic mass is 9.89. The van der Waals surface area contributed by atoms with Crippen LogP contribution in [0.25, 0.3) is 0 Å². The van der Waals surface area contributed by atoms with E-state index in [2.05, 4.69) is 45.1 Å². The Morgan fingerprint density at radius 3 is 2.29 bits per heavy atom. The molecular weight excluding hydrogens is 258 g/mol. The van der Waals surface area contributed by atoms with Crippen molar-refractivity contribution in [3.63, 3.8) is 0 Å². The first-order valence-electron chi connectivity index (χ1n) is 8.57. The number of rotatable bonds is 6. The van der Waals surface area contributed by atoms with Crippen molar-refractivity contribution in [2.75, 3.05) is 6.54 Å². The third-order valence-electron chi connectivity index (χ3n) is 4.52. The highest BCUT2D eigenvalue weighted by Crippen LogP contribution is 2.31. The molecule has 118 valence electrons. The smallest absolute Gasteiger partial charge is 0.125 e. The molecule has 0 radical (unpaired) electrons. The van der Waals surface area contributed by atoms with E-state index in [-0.39, 0.29) is 0 Å². The van der Waals surface area contributed by atoms with Crippen LogP contribution in [0.4, 0.5) is 0 Å². The van der Waals surface area contributed by atoms with Gasteiger partial charge < -0.3 is 10.1 Å². The highest BCUT2D eigenvalue weighted by atomic mass is 16.5. The Hall–Kier alpha value is -1.02. The first-order valence-corrected chi connectivity index (χ1v) is 8.57. The Morgan fingerprint density at radius 2 is 1.71 bits per heavy atom. The molecule has 1 aromatic carbocycles. The van der Waals surface area contributed by atoms with Gasteiger partial charge in [-0.15, -0.1) is 0 Å². The summed E-state index contributed by atoms with van der Waals surface area (Å²) in [6.07, 6.45) is 6.63. The van der Waals surface area contributed by atoms with E-state index < -0.39 is 0 Å². The summed E-state index contributed by atoms with van der Waals surface area (Å²) in [5.74, 6) is 1.99. The molecule has 0 saturated heterocycles. The van der Waals surface area contributed by atoms with E-state index >= 15 is 0 Å². The highest BCUT2D eigenvalue weighted by Gasteiger charge is 2.20. The maximum Gasteiger partial charge on any atom is 0.125 e. The van der Waals surface area contributed by atoms with Gasteiger partial charge in [-0.05, 0) is 75.1 Å². The zero-order chi connectivity index (χ0) is 15.2. The fourth-order valence-electron chi connectivity index (χ4n) is 3.25. The van der Waals surface area contributed by atoms with Gasteiger partial charge in [0.15, 0.2) is 0 Å². The van der Waals surface area contributed by atoms with Crippen molar-refractivity contribution in [3.05, 3.63) is 28.8 Å². The van der Waals surface area contributed by atoms with E-state index in [1.54, 1.807) is 0 Å². The molecule has 1 aliphatic carbocycles. The molecule has 2 nitrogen and oxygen atoms in total. The van der Waals surface area contributed by atoms with Crippen LogP contribution in [-0.4, -0.2) is 12.6 Å². The minimum atomic E-state index is 0.419. The van der Waals surface area contributed by atoms with Gasteiger partial charge in [0.05, 0.1) is 6.10 Å². The number of hydrogen-bond donors (Lipinski definition) is 1. The van der Waals surface area contributed by atoms with Crippen LogP contribution in [0.3, 0.4) is 0 Å². The molecular formula is C19H31NO. The van der Waals surface area contributed by atoms with E-state index in [4.69, 9.17) is 4.74 Å². The van der Waals surface area contributed by atoms with Gasteiger partial charge in [-0.2, -0.15) is 0 Å². The van der Waals surface area contributed by atoms with E-state index in [1.807, 2.05) is 0 Å². The van der Waals surface area contributed by atoms with Crippen LogP contribution in [0, 0.1) is 19.8 Å². The Bertz CT molecular complexity index is 424. The van der Waals surface area contributed by atoms with Crippen LogP contribution in [-0.2, 0) is 6.54 Å². The second-order valence-electron chi connectivity index (χ2n) is 6.74. The standard InChI is InChI=1S/C19H31NO/c1-5-10-20-13-17-11-15(3)19(16(4)12-17)21-18-8-6-14(2)7-9-18/h11-12,14,18,20H,5-10,13H2,1-4H3. The summed E-state index contributed by atoms with van der Waals surface area (Å²) < 4.78 is 6.33. The van der Waals surface area contributed by atoms with E-state index in [1.165, 1.54) is 48.8 Å². The van der Waals surface area contributed by atoms with Crippen molar-refractivity contribution in [3.8, 4) is 5.75 Å². The Labute approximate surface area is 130 Å². The summed E-state index contributed by atoms with van der Waals surface area (Å²) in [5, 5.41) is 3.47. The summed E-state index contributed by atoms with van der Waals surface area (Å²) in [6, 6.07) is 4.55. The summed E-state index contributed by atoms with van der Waals surface area (Å²) >= 11 is 0. The van der Waals surface area contributed by atoms with Gasteiger partial charge >= 0.3 is 0 Å². The second kappa shape index (κ2) is 7.84. The number of aryl methyl sites for hydroxylation is 2. The molecule has 2 heteroatoms. The molecule has 0 aromatic heterocycles. The molecule has 0 amide bonds. The Kier molecular flexibility index (Phi) is 6.10. The lowest BCUT2D eigenvalue weighted by molar-refractivity contribution is 0.134. The molecule has 0 atom stereocenters. The Morgan fingerprint density at radius 1 is 1.10 bits per heavy atom. The Balaban J connectivity index is 1.99. The quantitative estimate of drug-likeness (QED) is 0.762. The highest BCUT2D eigenvalue weighted by molar-refractivity contribution is 5.43. The molecule has 1 aliphatic rings. The van der Waals surface area contributed by atoms with Gasteiger partial charge in [0.2, 0.25) is 0 Å². The number of nitrogens with one attached hydrogen (secondary N) is 1. The second-order valence-corrected chi connectivity index (χ2v) is 6.74. The van der Waals surface area contributed by atoms with Gasteiger partial charge in [-0.1, -0.05) is 26.0 Å². The molecule has 0 bridgehead atoms. The summed E-state index contributed by atoms with van der Waals surface area (Å²) in [7, 11) is 0. The van der Waals surface area contributed by atoms with Crippen LogP contribution >= 0.6 is 0 Å². The third-order valence-corrected chi connectivity index (χ3v) is 4.52. The molecule has 21 heavy (non-hydrogen) atoms. The van der Waals surface area contributed by atoms with Crippen molar-refractivity contribution in [1.82, 2.24) is 5.32 Å². The molecule has 0 heterocycles. The molecule has 0 spiro atoms. The van der Waals surface area contributed by atoms with Gasteiger partial charge in [0.1, 0.15) is 5.75 Å². The minimum Gasteiger partial charge on any atom is -0.490 e. The third kappa shape index (κ3) is 4.74. The average molecular weight is 289 g/mol. The van der Waals surface area contributed by atoms with E-state index in [0.717, 1.165) is 24.8 Å². The van der Waals surface area contributed by atoms with Crippen LogP contribution in [0.5, 0.6) is 5.75 Å². The number of ether oxygens (including phenoxy) is 1. The topological polar surface area (TPSA) is 21.3 Å².